The first kappa shape index (κ1) is 27.4. The first-order valence-corrected chi connectivity index (χ1v) is 13.6. The van der Waals surface area contributed by atoms with Gasteiger partial charge in [-0.25, -0.2) is 9.97 Å². The Morgan fingerprint density at radius 1 is 0.676 bits per heavy atom. The number of aromatic amines is 2. The molecule has 0 amide bonds. The molecule has 1 atom stereocenters. The van der Waals surface area contributed by atoms with E-state index in [0.717, 1.165) is 51.8 Å². The van der Waals surface area contributed by atoms with Gasteiger partial charge in [-0.15, -0.1) is 0 Å². The number of hydrogen-bond donors (Lipinski definition) is 4. The molecule has 0 aliphatic rings. The van der Waals surface area contributed by atoms with Crippen LogP contribution in [-0.4, -0.2) is 32.5 Å². The zero-order chi connectivity index (χ0) is 26.5. The van der Waals surface area contributed by atoms with Crippen molar-refractivity contribution in [3.63, 3.8) is 0 Å². The summed E-state index contributed by atoms with van der Waals surface area (Å²) in [6, 6.07) is 17.0. The maximum Gasteiger partial charge on any atom is 0.134 e. The third kappa shape index (κ3) is 7.02. The number of imidazole rings is 2. The Morgan fingerprint density at radius 3 is 1.54 bits per heavy atom. The lowest BCUT2D eigenvalue weighted by atomic mass is 10.0. The number of benzene rings is 2. The molecule has 0 fully saturated rings. The number of nitrogens with one attached hydrogen (secondary N) is 4. The number of halogens is 2. The lowest BCUT2D eigenvalue weighted by molar-refractivity contribution is 0.422. The third-order valence-corrected chi connectivity index (χ3v) is 7.05. The van der Waals surface area contributed by atoms with E-state index in [9.17, 15) is 0 Å². The summed E-state index contributed by atoms with van der Waals surface area (Å²) in [4.78, 5) is 15.8. The number of rotatable bonds is 11. The van der Waals surface area contributed by atoms with Gasteiger partial charge in [0.25, 0.3) is 0 Å². The van der Waals surface area contributed by atoms with Gasteiger partial charge in [-0.3, -0.25) is 0 Å². The van der Waals surface area contributed by atoms with Crippen LogP contribution in [0, 0.1) is 11.8 Å². The summed E-state index contributed by atoms with van der Waals surface area (Å²) in [6.45, 7) is 13.2. The number of hydrogen-bond acceptors (Lipinski definition) is 4. The van der Waals surface area contributed by atoms with Crippen molar-refractivity contribution in [3.05, 3.63) is 70.5 Å². The van der Waals surface area contributed by atoms with Gasteiger partial charge in [0, 0.05) is 17.2 Å². The Hall–Kier alpha value is -2.64. The van der Waals surface area contributed by atoms with E-state index >= 15 is 0 Å². The van der Waals surface area contributed by atoms with Crippen LogP contribution in [0.5, 0.6) is 0 Å². The van der Waals surface area contributed by atoms with E-state index in [0.29, 0.717) is 41.3 Å². The molecule has 2 aromatic carbocycles. The SMILES string of the molecule is CC(C)CNCc1nc(-c2ccc(-c3ccc(-c4nc(CNC(C)C(C)C)[nH]c4Cl)cc3)cc2)c(Cl)[nH]1. The lowest BCUT2D eigenvalue weighted by Gasteiger charge is -2.16. The summed E-state index contributed by atoms with van der Waals surface area (Å²) in [5.74, 6) is 2.81. The topological polar surface area (TPSA) is 81.4 Å². The molecule has 4 rings (SSSR count). The Bertz CT molecular complexity index is 1290. The zero-order valence-electron chi connectivity index (χ0n) is 22.1. The highest BCUT2D eigenvalue weighted by molar-refractivity contribution is 6.32. The van der Waals surface area contributed by atoms with Gasteiger partial charge in [0.05, 0.1) is 13.1 Å². The van der Waals surface area contributed by atoms with Crippen LogP contribution < -0.4 is 10.6 Å². The molecule has 0 bridgehead atoms. The monoisotopic (exact) mass is 538 g/mol. The van der Waals surface area contributed by atoms with Crippen molar-refractivity contribution in [2.45, 2.75) is 53.8 Å². The van der Waals surface area contributed by atoms with Crippen LogP contribution in [0.25, 0.3) is 33.6 Å². The van der Waals surface area contributed by atoms with E-state index in [-0.39, 0.29) is 0 Å². The summed E-state index contributed by atoms with van der Waals surface area (Å²) in [6.07, 6.45) is 0. The average molecular weight is 540 g/mol. The Labute approximate surface area is 229 Å². The number of H-pyrrole nitrogens is 2. The Kier molecular flexibility index (Phi) is 9.08. The third-order valence-electron chi connectivity index (χ3n) is 6.50. The molecular weight excluding hydrogens is 503 g/mol. The largest absolute Gasteiger partial charge is 0.331 e. The average Bonchev–Trinajstić information content (AvgIpc) is 3.44. The van der Waals surface area contributed by atoms with E-state index in [2.05, 4.69) is 109 Å². The molecule has 0 aliphatic carbocycles. The quantitative estimate of drug-likeness (QED) is 0.161. The highest BCUT2D eigenvalue weighted by atomic mass is 35.5. The van der Waals surface area contributed by atoms with E-state index < -0.39 is 0 Å². The van der Waals surface area contributed by atoms with Gasteiger partial charge in [-0.05, 0) is 36.4 Å². The fourth-order valence-electron chi connectivity index (χ4n) is 3.96. The van der Waals surface area contributed by atoms with Crippen LogP contribution in [-0.2, 0) is 13.1 Å². The highest BCUT2D eigenvalue weighted by Crippen LogP contribution is 2.31. The molecule has 1 unspecified atom stereocenters. The van der Waals surface area contributed by atoms with Crippen LogP contribution >= 0.6 is 23.2 Å². The van der Waals surface area contributed by atoms with Crippen molar-refractivity contribution in [3.8, 4) is 33.6 Å². The van der Waals surface area contributed by atoms with Gasteiger partial charge >= 0.3 is 0 Å². The van der Waals surface area contributed by atoms with Gasteiger partial charge in [0.15, 0.2) is 0 Å². The second kappa shape index (κ2) is 12.3. The first-order chi connectivity index (χ1) is 17.7. The predicted molar refractivity (Wildman–Crippen MR) is 155 cm³/mol. The summed E-state index contributed by atoms with van der Waals surface area (Å²) < 4.78 is 0. The van der Waals surface area contributed by atoms with E-state index in [1.54, 1.807) is 0 Å². The molecule has 0 radical (unpaired) electrons. The lowest BCUT2D eigenvalue weighted by Crippen LogP contribution is -2.30. The van der Waals surface area contributed by atoms with Gasteiger partial charge in [0.2, 0.25) is 0 Å². The van der Waals surface area contributed by atoms with Crippen molar-refractivity contribution < 1.29 is 0 Å². The first-order valence-electron chi connectivity index (χ1n) is 12.8. The minimum Gasteiger partial charge on any atom is -0.331 e. The minimum atomic E-state index is 0.399. The summed E-state index contributed by atoms with van der Waals surface area (Å²) >= 11 is 12.9. The molecule has 6 nitrogen and oxygen atoms in total. The molecule has 4 N–H and O–H groups in total. The van der Waals surface area contributed by atoms with Crippen LogP contribution in [0.15, 0.2) is 48.5 Å². The second-order valence-corrected chi connectivity index (χ2v) is 11.0. The molecule has 196 valence electrons. The van der Waals surface area contributed by atoms with Crippen molar-refractivity contribution in [1.82, 2.24) is 30.6 Å². The number of nitrogens with zero attached hydrogens (tertiary/aromatic N) is 2. The summed E-state index contributed by atoms with van der Waals surface area (Å²) in [7, 11) is 0. The normalized spacial score (nSPS) is 12.6. The van der Waals surface area contributed by atoms with Crippen molar-refractivity contribution in [2.24, 2.45) is 11.8 Å². The van der Waals surface area contributed by atoms with Crippen molar-refractivity contribution >= 4 is 23.2 Å². The summed E-state index contributed by atoms with van der Waals surface area (Å²) in [5, 5.41) is 7.99. The molecular formula is C29H36Cl2N6. The molecule has 37 heavy (non-hydrogen) atoms. The fraction of sp³-hybridized carbons (Fsp3) is 0.379. The zero-order valence-corrected chi connectivity index (χ0v) is 23.6. The second-order valence-electron chi connectivity index (χ2n) is 10.3. The minimum absolute atomic E-state index is 0.399. The van der Waals surface area contributed by atoms with Gasteiger partial charge in [0.1, 0.15) is 33.3 Å². The maximum atomic E-state index is 6.48. The van der Waals surface area contributed by atoms with Crippen molar-refractivity contribution in [2.75, 3.05) is 6.54 Å². The van der Waals surface area contributed by atoms with Crippen LogP contribution in [0.3, 0.4) is 0 Å². The summed E-state index contributed by atoms with van der Waals surface area (Å²) in [5.41, 5.74) is 5.72. The molecule has 0 spiro atoms. The molecule has 2 aromatic heterocycles. The van der Waals surface area contributed by atoms with Crippen LogP contribution in [0.1, 0.15) is 46.3 Å². The van der Waals surface area contributed by atoms with Crippen LogP contribution in [0.2, 0.25) is 10.3 Å². The molecule has 4 aromatic rings. The van der Waals surface area contributed by atoms with E-state index in [1.165, 1.54) is 0 Å². The van der Waals surface area contributed by atoms with Gasteiger partial charge in [-0.2, -0.15) is 0 Å². The fourth-order valence-corrected chi connectivity index (χ4v) is 4.48. The maximum absolute atomic E-state index is 6.48. The molecule has 8 heteroatoms. The molecule has 0 saturated carbocycles. The van der Waals surface area contributed by atoms with Gasteiger partial charge in [-0.1, -0.05) is 99.4 Å². The predicted octanol–water partition coefficient (Wildman–Crippen LogP) is 7.32. The molecule has 0 saturated heterocycles. The smallest absolute Gasteiger partial charge is 0.134 e. The van der Waals surface area contributed by atoms with Gasteiger partial charge < -0.3 is 20.6 Å². The van der Waals surface area contributed by atoms with Crippen molar-refractivity contribution in [1.29, 1.82) is 0 Å². The molecule has 2 heterocycles. The standard InChI is InChI=1S/C29H36Cl2N6/c1-17(2)14-32-15-24-34-26(28(30)36-24)22-10-6-20(7-11-22)21-8-12-23(13-9-21)27-29(31)37-25(35-27)16-33-19(5)18(3)4/h6-13,17-19,32-33H,14-16H2,1-5H3,(H,34,36)(H,35,37). The van der Waals surface area contributed by atoms with E-state index in [4.69, 9.17) is 28.2 Å². The molecule has 0 aliphatic heterocycles. The Morgan fingerprint density at radius 2 is 1.11 bits per heavy atom. The Balaban J connectivity index is 1.43. The number of aromatic nitrogens is 4. The van der Waals surface area contributed by atoms with Crippen LogP contribution in [0.4, 0.5) is 0 Å². The highest BCUT2D eigenvalue weighted by Gasteiger charge is 2.14. The van der Waals surface area contributed by atoms with E-state index in [1.807, 2.05) is 0 Å².